The van der Waals surface area contributed by atoms with E-state index in [0.29, 0.717) is 31.0 Å². The molecule has 7 nitrogen and oxygen atoms in total. The van der Waals surface area contributed by atoms with Gasteiger partial charge in [-0.05, 0) is 43.0 Å². The number of rotatable bonds is 5. The summed E-state index contributed by atoms with van der Waals surface area (Å²) in [6.07, 6.45) is 3.03. The van der Waals surface area contributed by atoms with Crippen molar-refractivity contribution in [3.63, 3.8) is 0 Å². The van der Waals surface area contributed by atoms with Crippen molar-refractivity contribution in [2.75, 3.05) is 19.6 Å². The number of hydrogen-bond acceptors (Lipinski definition) is 5. The molecule has 9 heteroatoms. The van der Waals surface area contributed by atoms with Gasteiger partial charge in [0.15, 0.2) is 5.60 Å². The summed E-state index contributed by atoms with van der Waals surface area (Å²) < 4.78 is 39.8. The quantitative estimate of drug-likeness (QED) is 0.832. The number of sulfonamides is 1. The van der Waals surface area contributed by atoms with Crippen LogP contribution >= 0.6 is 0 Å². The van der Waals surface area contributed by atoms with Gasteiger partial charge < -0.3 is 10.2 Å². The molecular formula is C17H20FN3O4S. The second-order valence-electron chi connectivity index (χ2n) is 7.18. The minimum atomic E-state index is -3.73. The fourth-order valence-corrected chi connectivity index (χ4v) is 4.81. The van der Waals surface area contributed by atoms with Crippen molar-refractivity contribution >= 4 is 21.6 Å². The minimum Gasteiger partial charge on any atom is -0.387 e. The third-order valence-electron chi connectivity index (χ3n) is 5.08. The van der Waals surface area contributed by atoms with Crippen molar-refractivity contribution in [2.24, 2.45) is 11.1 Å². The highest BCUT2D eigenvalue weighted by Crippen LogP contribution is 2.36. The molecule has 0 unspecified atom stereocenters. The van der Waals surface area contributed by atoms with Gasteiger partial charge in [-0.25, -0.2) is 12.8 Å². The maximum Gasteiger partial charge on any atom is 0.269 e. The molecule has 1 aliphatic carbocycles. The molecule has 2 heterocycles. The molecule has 2 aliphatic heterocycles. The third kappa shape index (κ3) is 3.33. The highest BCUT2D eigenvalue weighted by atomic mass is 32.2. The van der Waals surface area contributed by atoms with E-state index < -0.39 is 21.4 Å². The largest absolute Gasteiger partial charge is 0.387 e. The van der Waals surface area contributed by atoms with Crippen molar-refractivity contribution in [3.8, 4) is 0 Å². The first kappa shape index (κ1) is 17.4. The zero-order chi connectivity index (χ0) is 18.4. The lowest BCUT2D eigenvalue weighted by molar-refractivity contribution is -0.115. The molecule has 1 spiro atoms. The van der Waals surface area contributed by atoms with Crippen LogP contribution in [0.2, 0.25) is 0 Å². The Morgan fingerprint density at radius 3 is 2.77 bits per heavy atom. The van der Waals surface area contributed by atoms with Crippen molar-refractivity contribution in [1.82, 2.24) is 9.62 Å². The Hall–Kier alpha value is -2.00. The van der Waals surface area contributed by atoms with Gasteiger partial charge in [-0.1, -0.05) is 5.16 Å². The Labute approximate surface area is 151 Å². The van der Waals surface area contributed by atoms with Gasteiger partial charge in [0, 0.05) is 25.9 Å². The monoisotopic (exact) mass is 381 g/mol. The van der Waals surface area contributed by atoms with Crippen LogP contribution in [-0.2, 0) is 19.7 Å². The highest BCUT2D eigenvalue weighted by Gasteiger charge is 2.49. The van der Waals surface area contributed by atoms with Crippen LogP contribution in [0.1, 0.15) is 25.7 Å². The average molecular weight is 381 g/mol. The van der Waals surface area contributed by atoms with E-state index in [4.69, 9.17) is 4.84 Å². The molecule has 1 aromatic carbocycles. The smallest absolute Gasteiger partial charge is 0.269 e. The van der Waals surface area contributed by atoms with Gasteiger partial charge in [-0.15, -0.1) is 0 Å². The van der Waals surface area contributed by atoms with E-state index in [-0.39, 0.29) is 23.9 Å². The Balaban J connectivity index is 1.40. The normalized spacial score (nSPS) is 26.0. The maximum absolute atomic E-state index is 13.0. The first-order valence-electron chi connectivity index (χ1n) is 8.67. The number of oxime groups is 1. The summed E-state index contributed by atoms with van der Waals surface area (Å²) >= 11 is 0. The lowest BCUT2D eigenvalue weighted by Crippen LogP contribution is -2.38. The number of hydrogen-bond donors (Lipinski definition) is 1. The van der Waals surface area contributed by atoms with Crippen LogP contribution in [0.4, 0.5) is 4.39 Å². The lowest BCUT2D eigenvalue weighted by Gasteiger charge is -2.21. The highest BCUT2D eigenvalue weighted by molar-refractivity contribution is 7.89. The minimum absolute atomic E-state index is 0.0391. The summed E-state index contributed by atoms with van der Waals surface area (Å²) in [4.78, 5) is 17.7. The summed E-state index contributed by atoms with van der Waals surface area (Å²) in [7, 11) is -3.73. The van der Waals surface area contributed by atoms with Gasteiger partial charge in [0.2, 0.25) is 10.0 Å². The lowest BCUT2D eigenvalue weighted by atomic mass is 9.96. The van der Waals surface area contributed by atoms with E-state index in [1.807, 2.05) is 0 Å². The van der Waals surface area contributed by atoms with Gasteiger partial charge in [0.1, 0.15) is 11.5 Å². The summed E-state index contributed by atoms with van der Waals surface area (Å²) in [5.74, 6) is -0.163. The molecule has 0 radical (unpaired) electrons. The van der Waals surface area contributed by atoms with Crippen molar-refractivity contribution in [3.05, 3.63) is 30.1 Å². The Morgan fingerprint density at radius 1 is 1.35 bits per heavy atom. The number of nitrogens with one attached hydrogen (secondary N) is 1. The number of halogens is 1. The predicted octanol–water partition coefficient (Wildman–Crippen LogP) is 1.26. The van der Waals surface area contributed by atoms with Crippen LogP contribution in [0.15, 0.2) is 34.3 Å². The third-order valence-corrected chi connectivity index (χ3v) is 6.94. The predicted molar refractivity (Wildman–Crippen MR) is 91.4 cm³/mol. The van der Waals surface area contributed by atoms with E-state index in [1.54, 1.807) is 0 Å². The molecule has 1 saturated heterocycles. The fourth-order valence-electron chi connectivity index (χ4n) is 3.29. The fraction of sp³-hybridized carbons (Fsp3) is 0.529. The second-order valence-corrected chi connectivity index (χ2v) is 9.12. The molecule has 1 atom stereocenters. The second kappa shape index (κ2) is 6.31. The molecule has 2 fully saturated rings. The molecule has 26 heavy (non-hydrogen) atoms. The number of amides is 1. The SMILES string of the molecule is O=C(NCC1CC1)C1=NO[C@]2(CCN(S(=O)(=O)c3ccc(F)cc3)C2)C1. The van der Waals surface area contributed by atoms with Crippen molar-refractivity contribution in [1.29, 1.82) is 0 Å². The molecule has 1 amide bonds. The number of nitrogens with zero attached hydrogens (tertiary/aromatic N) is 2. The number of carbonyl (C=O) groups excluding carboxylic acids is 1. The van der Waals surface area contributed by atoms with Crippen LogP contribution in [0.3, 0.4) is 0 Å². The van der Waals surface area contributed by atoms with E-state index in [0.717, 1.165) is 25.0 Å². The summed E-state index contributed by atoms with van der Waals surface area (Å²) in [5, 5.41) is 6.75. The van der Waals surface area contributed by atoms with E-state index in [1.165, 1.54) is 16.4 Å². The number of carbonyl (C=O) groups is 1. The van der Waals surface area contributed by atoms with Crippen LogP contribution in [0, 0.1) is 11.7 Å². The zero-order valence-electron chi connectivity index (χ0n) is 14.2. The van der Waals surface area contributed by atoms with Crippen LogP contribution in [0.5, 0.6) is 0 Å². The number of benzene rings is 1. The van der Waals surface area contributed by atoms with Crippen molar-refractivity contribution in [2.45, 2.75) is 36.2 Å². The van der Waals surface area contributed by atoms with Gasteiger partial charge >= 0.3 is 0 Å². The van der Waals surface area contributed by atoms with E-state index in [9.17, 15) is 17.6 Å². The topological polar surface area (TPSA) is 88.1 Å². The Bertz CT molecular complexity index is 851. The van der Waals surface area contributed by atoms with Crippen LogP contribution < -0.4 is 5.32 Å². The standard InChI is InChI=1S/C17H20FN3O4S/c18-13-3-5-14(6-4-13)26(23,24)21-8-7-17(11-21)9-15(20-25-17)16(22)19-10-12-1-2-12/h3-6,12H,1-2,7-11H2,(H,19,22)/t17-/m1/s1. The zero-order valence-corrected chi connectivity index (χ0v) is 15.0. The molecular weight excluding hydrogens is 361 g/mol. The first-order valence-corrected chi connectivity index (χ1v) is 10.1. The average Bonchev–Trinajstić information content (AvgIpc) is 3.21. The van der Waals surface area contributed by atoms with Crippen LogP contribution in [-0.4, -0.2) is 49.6 Å². The maximum atomic E-state index is 13.0. The molecule has 0 aromatic heterocycles. The molecule has 140 valence electrons. The molecule has 4 rings (SSSR count). The Kier molecular flexibility index (Phi) is 4.23. The Morgan fingerprint density at radius 2 is 2.08 bits per heavy atom. The molecule has 1 saturated carbocycles. The molecule has 0 bridgehead atoms. The first-order chi connectivity index (χ1) is 12.4. The van der Waals surface area contributed by atoms with E-state index in [2.05, 4.69) is 10.5 Å². The van der Waals surface area contributed by atoms with Gasteiger partial charge in [0.25, 0.3) is 5.91 Å². The summed E-state index contributed by atoms with van der Waals surface area (Å²) in [6, 6.07) is 4.74. The molecule has 3 aliphatic rings. The van der Waals surface area contributed by atoms with Crippen molar-refractivity contribution < 1.29 is 22.4 Å². The van der Waals surface area contributed by atoms with E-state index >= 15 is 0 Å². The van der Waals surface area contributed by atoms with Crippen LogP contribution in [0.25, 0.3) is 0 Å². The van der Waals surface area contributed by atoms with Gasteiger partial charge in [0.05, 0.1) is 11.4 Å². The molecule has 1 aromatic rings. The summed E-state index contributed by atoms with van der Waals surface area (Å²) in [6.45, 7) is 1.04. The molecule has 1 N–H and O–H groups in total. The van der Waals surface area contributed by atoms with Gasteiger partial charge in [-0.2, -0.15) is 4.31 Å². The van der Waals surface area contributed by atoms with Gasteiger partial charge in [-0.3, -0.25) is 4.79 Å². The summed E-state index contributed by atoms with van der Waals surface area (Å²) in [5.41, 5.74) is -0.481.